The van der Waals surface area contributed by atoms with Crippen LogP contribution in [0, 0.1) is 0 Å². The fourth-order valence-electron chi connectivity index (χ4n) is 3.59. The van der Waals surface area contributed by atoms with Crippen LogP contribution in [0.4, 0.5) is 0 Å². The van der Waals surface area contributed by atoms with Gasteiger partial charge in [-0.3, -0.25) is 9.59 Å². The van der Waals surface area contributed by atoms with Crippen molar-refractivity contribution < 1.29 is 9.59 Å². The summed E-state index contributed by atoms with van der Waals surface area (Å²) in [4.78, 5) is 27.6. The lowest BCUT2D eigenvalue weighted by atomic mass is 10.1. The quantitative estimate of drug-likeness (QED) is 0.884. The van der Waals surface area contributed by atoms with Crippen LogP contribution in [-0.4, -0.2) is 29.3 Å². The molecule has 0 saturated carbocycles. The summed E-state index contributed by atoms with van der Waals surface area (Å²) in [5, 5.41) is 8.23. The first-order chi connectivity index (χ1) is 12.2. The molecule has 1 fully saturated rings. The number of nitrogens with one attached hydrogen (secondary N) is 2. The van der Waals surface area contributed by atoms with Gasteiger partial charge in [-0.25, -0.2) is 0 Å². The topological polar surface area (TPSA) is 61.4 Å². The molecule has 1 aromatic carbocycles. The van der Waals surface area contributed by atoms with E-state index in [0.717, 1.165) is 31.5 Å². The van der Waals surface area contributed by atoms with Gasteiger partial charge in [0.1, 0.15) is 6.04 Å². The minimum absolute atomic E-state index is 0.0312. The first kappa shape index (κ1) is 16.3. The average molecular weight is 355 g/mol. The third-order valence-corrected chi connectivity index (χ3v) is 5.77. The van der Waals surface area contributed by atoms with E-state index in [2.05, 4.69) is 28.8 Å². The Bertz CT molecular complexity index is 788. The summed E-state index contributed by atoms with van der Waals surface area (Å²) in [6.07, 6.45) is 1.61. The van der Waals surface area contributed by atoms with Gasteiger partial charge in [-0.05, 0) is 41.0 Å². The number of fused-ring (bicyclic) bond motifs is 1. The summed E-state index contributed by atoms with van der Waals surface area (Å²) in [5.74, 6) is -0.0858. The van der Waals surface area contributed by atoms with Gasteiger partial charge in [-0.2, -0.15) is 0 Å². The number of amides is 2. The molecule has 5 nitrogen and oxygen atoms in total. The lowest BCUT2D eigenvalue weighted by Crippen LogP contribution is -2.45. The van der Waals surface area contributed by atoms with Gasteiger partial charge in [0.05, 0.1) is 4.88 Å². The Morgan fingerprint density at radius 1 is 1.24 bits per heavy atom. The fourth-order valence-corrected chi connectivity index (χ4v) is 4.27. The third kappa shape index (κ3) is 3.32. The van der Waals surface area contributed by atoms with Crippen LogP contribution in [0.5, 0.6) is 0 Å². The Morgan fingerprint density at radius 3 is 2.96 bits per heavy atom. The van der Waals surface area contributed by atoms with Crippen LogP contribution in [0.15, 0.2) is 35.7 Å². The predicted molar refractivity (Wildman–Crippen MR) is 97.2 cm³/mol. The van der Waals surface area contributed by atoms with Crippen LogP contribution >= 0.6 is 11.3 Å². The van der Waals surface area contributed by atoms with Gasteiger partial charge in [-0.1, -0.05) is 24.3 Å². The Hall–Kier alpha value is -2.18. The lowest BCUT2D eigenvalue weighted by molar-refractivity contribution is -0.125. The molecule has 2 N–H and O–H groups in total. The zero-order chi connectivity index (χ0) is 17.2. The maximum Gasteiger partial charge on any atom is 0.264 e. The largest absolute Gasteiger partial charge is 0.350 e. The summed E-state index contributed by atoms with van der Waals surface area (Å²) in [5.41, 5.74) is 3.74. The summed E-state index contributed by atoms with van der Waals surface area (Å²) < 4.78 is 0. The SMILES string of the molecule is O=C(NCc1ccc2c(c1)CNC2)C1CCCN1C(=O)c1cccs1. The molecule has 0 spiro atoms. The predicted octanol–water partition coefficient (Wildman–Crippen LogP) is 2.27. The molecule has 2 amide bonds. The molecule has 0 bridgehead atoms. The van der Waals surface area contributed by atoms with Crippen molar-refractivity contribution in [3.63, 3.8) is 0 Å². The number of hydrogen-bond acceptors (Lipinski definition) is 4. The number of nitrogens with zero attached hydrogens (tertiary/aromatic N) is 1. The van der Waals surface area contributed by atoms with E-state index in [1.54, 1.807) is 4.90 Å². The molecular weight excluding hydrogens is 334 g/mol. The summed E-state index contributed by atoms with van der Waals surface area (Å²) in [6, 6.07) is 9.67. The van der Waals surface area contributed by atoms with Gasteiger partial charge in [0, 0.05) is 26.2 Å². The first-order valence-corrected chi connectivity index (χ1v) is 9.54. The second-order valence-corrected chi connectivity index (χ2v) is 7.51. The van der Waals surface area contributed by atoms with Crippen molar-refractivity contribution in [2.24, 2.45) is 0 Å². The Balaban J connectivity index is 1.39. The van der Waals surface area contributed by atoms with Crippen LogP contribution < -0.4 is 10.6 Å². The number of carbonyl (C=O) groups excluding carboxylic acids is 2. The molecular formula is C19H21N3O2S. The van der Waals surface area contributed by atoms with Gasteiger partial charge in [0.2, 0.25) is 5.91 Å². The standard InChI is InChI=1S/C19H21N3O2S/c23-18(21-10-13-5-6-14-11-20-12-15(14)9-13)16-3-1-7-22(16)19(24)17-4-2-8-25-17/h2,4-6,8-9,16,20H,1,3,7,10-12H2,(H,21,23). The van der Waals surface area contributed by atoms with E-state index in [1.165, 1.54) is 22.5 Å². The Labute approximate surface area is 151 Å². The van der Waals surface area contributed by atoms with Crippen molar-refractivity contribution in [2.75, 3.05) is 6.54 Å². The maximum absolute atomic E-state index is 12.6. The second kappa shape index (κ2) is 6.98. The van der Waals surface area contributed by atoms with Gasteiger partial charge in [0.25, 0.3) is 5.91 Å². The first-order valence-electron chi connectivity index (χ1n) is 8.66. The van der Waals surface area contributed by atoms with Crippen molar-refractivity contribution in [3.8, 4) is 0 Å². The number of likely N-dealkylation sites (tertiary alicyclic amines) is 1. The molecule has 1 atom stereocenters. The molecule has 3 heterocycles. The normalized spacial score (nSPS) is 19.0. The Kier molecular flexibility index (Phi) is 4.55. The summed E-state index contributed by atoms with van der Waals surface area (Å²) in [6.45, 7) is 2.97. The minimum atomic E-state index is -0.356. The molecule has 1 saturated heterocycles. The zero-order valence-corrected chi connectivity index (χ0v) is 14.8. The van der Waals surface area contributed by atoms with Crippen LogP contribution in [0.1, 0.15) is 39.2 Å². The number of hydrogen-bond donors (Lipinski definition) is 2. The van der Waals surface area contributed by atoms with E-state index < -0.39 is 0 Å². The third-order valence-electron chi connectivity index (χ3n) is 4.92. The van der Waals surface area contributed by atoms with E-state index in [0.29, 0.717) is 18.0 Å². The fraction of sp³-hybridized carbons (Fsp3) is 0.368. The molecule has 1 unspecified atom stereocenters. The molecule has 4 rings (SSSR count). The highest BCUT2D eigenvalue weighted by Crippen LogP contribution is 2.22. The lowest BCUT2D eigenvalue weighted by Gasteiger charge is -2.23. The molecule has 0 aliphatic carbocycles. The molecule has 0 radical (unpaired) electrons. The van der Waals surface area contributed by atoms with E-state index in [4.69, 9.17) is 0 Å². The molecule has 130 valence electrons. The smallest absolute Gasteiger partial charge is 0.264 e. The van der Waals surface area contributed by atoms with E-state index in [9.17, 15) is 9.59 Å². The van der Waals surface area contributed by atoms with Crippen molar-refractivity contribution in [1.82, 2.24) is 15.5 Å². The Morgan fingerprint density at radius 2 is 2.12 bits per heavy atom. The van der Waals surface area contributed by atoms with Gasteiger partial charge >= 0.3 is 0 Å². The van der Waals surface area contributed by atoms with Gasteiger partial charge < -0.3 is 15.5 Å². The van der Waals surface area contributed by atoms with Crippen molar-refractivity contribution in [1.29, 1.82) is 0 Å². The molecule has 1 aromatic heterocycles. The highest BCUT2D eigenvalue weighted by atomic mass is 32.1. The average Bonchev–Trinajstić information content (AvgIpc) is 3.39. The van der Waals surface area contributed by atoms with Crippen LogP contribution in [0.3, 0.4) is 0 Å². The number of benzene rings is 1. The van der Waals surface area contributed by atoms with E-state index in [-0.39, 0.29) is 17.9 Å². The highest BCUT2D eigenvalue weighted by molar-refractivity contribution is 7.12. The van der Waals surface area contributed by atoms with Crippen molar-refractivity contribution in [2.45, 2.75) is 38.5 Å². The molecule has 6 heteroatoms. The van der Waals surface area contributed by atoms with Crippen molar-refractivity contribution >= 4 is 23.2 Å². The monoisotopic (exact) mass is 355 g/mol. The van der Waals surface area contributed by atoms with Crippen LogP contribution in [-0.2, 0) is 24.4 Å². The molecule has 25 heavy (non-hydrogen) atoms. The molecule has 2 aliphatic rings. The highest BCUT2D eigenvalue weighted by Gasteiger charge is 2.34. The summed E-state index contributed by atoms with van der Waals surface area (Å²) >= 11 is 1.42. The van der Waals surface area contributed by atoms with E-state index >= 15 is 0 Å². The number of carbonyl (C=O) groups is 2. The zero-order valence-electron chi connectivity index (χ0n) is 14.0. The van der Waals surface area contributed by atoms with E-state index in [1.807, 2.05) is 17.5 Å². The number of thiophene rings is 1. The van der Waals surface area contributed by atoms with Crippen molar-refractivity contribution in [3.05, 3.63) is 57.3 Å². The van der Waals surface area contributed by atoms with Gasteiger partial charge in [-0.15, -0.1) is 11.3 Å². The van der Waals surface area contributed by atoms with Crippen LogP contribution in [0.25, 0.3) is 0 Å². The van der Waals surface area contributed by atoms with Gasteiger partial charge in [0.15, 0.2) is 0 Å². The van der Waals surface area contributed by atoms with Crippen LogP contribution in [0.2, 0.25) is 0 Å². The maximum atomic E-state index is 12.6. The molecule has 2 aromatic rings. The summed E-state index contributed by atoms with van der Waals surface area (Å²) in [7, 11) is 0. The number of rotatable bonds is 4. The molecule has 2 aliphatic heterocycles. The second-order valence-electron chi connectivity index (χ2n) is 6.56. The minimum Gasteiger partial charge on any atom is -0.350 e.